The highest BCUT2D eigenvalue weighted by atomic mass is 35.5. The van der Waals surface area contributed by atoms with Gasteiger partial charge in [-0.05, 0) is 43.4 Å². The first-order valence-electron chi connectivity index (χ1n) is 7.70. The lowest BCUT2D eigenvalue weighted by Gasteiger charge is -2.36. The van der Waals surface area contributed by atoms with Crippen LogP contribution < -0.4 is 10.6 Å². The van der Waals surface area contributed by atoms with Crippen LogP contribution in [0.3, 0.4) is 0 Å². The largest absolute Gasteiger partial charge is 0.388 e. The van der Waals surface area contributed by atoms with Gasteiger partial charge in [0.05, 0.1) is 11.6 Å². The molecule has 1 aliphatic carbocycles. The smallest absolute Gasteiger partial charge is 0.315 e. The van der Waals surface area contributed by atoms with Gasteiger partial charge in [0, 0.05) is 18.2 Å². The monoisotopic (exact) mass is 324 g/mol. The van der Waals surface area contributed by atoms with E-state index in [0.29, 0.717) is 18.2 Å². The maximum atomic E-state index is 12.0. The predicted molar refractivity (Wildman–Crippen MR) is 83.9 cm³/mol. The van der Waals surface area contributed by atoms with Gasteiger partial charge >= 0.3 is 6.03 Å². The molecule has 2 amide bonds. The average molecular weight is 325 g/mol. The van der Waals surface area contributed by atoms with E-state index in [2.05, 4.69) is 10.6 Å². The van der Waals surface area contributed by atoms with Gasteiger partial charge < -0.3 is 20.5 Å². The summed E-state index contributed by atoms with van der Waals surface area (Å²) in [5.41, 5.74) is 0.295. The van der Waals surface area contributed by atoms with Crippen molar-refractivity contribution < 1.29 is 14.6 Å². The molecule has 0 radical (unpaired) electrons. The molecule has 1 aromatic rings. The van der Waals surface area contributed by atoms with Crippen LogP contribution in [0.25, 0.3) is 0 Å². The Labute approximate surface area is 135 Å². The van der Waals surface area contributed by atoms with Gasteiger partial charge in [0.25, 0.3) is 0 Å². The number of hydrogen-bond donors (Lipinski definition) is 3. The summed E-state index contributed by atoms with van der Waals surface area (Å²) < 4.78 is 5.74. The molecule has 6 heteroatoms. The molecule has 3 rings (SSSR count). The minimum absolute atomic E-state index is 0.0720. The third-order valence-corrected chi connectivity index (χ3v) is 4.72. The fraction of sp³-hybridized carbons (Fsp3) is 0.562. The number of halogens is 1. The van der Waals surface area contributed by atoms with Crippen LogP contribution in [0.1, 0.15) is 37.4 Å². The van der Waals surface area contributed by atoms with Crippen molar-refractivity contribution in [3.63, 3.8) is 0 Å². The van der Waals surface area contributed by atoms with E-state index in [4.69, 9.17) is 16.3 Å². The van der Waals surface area contributed by atoms with Crippen molar-refractivity contribution in [2.24, 2.45) is 0 Å². The minimum Gasteiger partial charge on any atom is -0.388 e. The van der Waals surface area contributed by atoms with Crippen LogP contribution in [-0.2, 0) is 4.74 Å². The number of nitrogens with one attached hydrogen (secondary N) is 2. The molecule has 1 saturated heterocycles. The Balaban J connectivity index is 1.54. The Morgan fingerprint density at radius 2 is 2.09 bits per heavy atom. The summed E-state index contributed by atoms with van der Waals surface area (Å²) >= 11 is 5.90. The van der Waals surface area contributed by atoms with Crippen LogP contribution in [-0.4, -0.2) is 35.9 Å². The van der Waals surface area contributed by atoms with Gasteiger partial charge in [-0.2, -0.15) is 0 Å². The number of aliphatic hydroxyl groups is 1. The SMILES string of the molecule is O=C(NCC1(O)CCC1)NC1CCOC1c1ccc(Cl)cc1. The third-order valence-electron chi connectivity index (χ3n) is 4.47. The van der Waals surface area contributed by atoms with Crippen LogP contribution in [0.15, 0.2) is 24.3 Å². The van der Waals surface area contributed by atoms with Crippen LogP contribution >= 0.6 is 11.6 Å². The van der Waals surface area contributed by atoms with E-state index in [9.17, 15) is 9.90 Å². The maximum Gasteiger partial charge on any atom is 0.315 e. The molecule has 1 aliphatic heterocycles. The molecule has 1 aromatic carbocycles. The van der Waals surface area contributed by atoms with E-state index < -0.39 is 5.60 Å². The van der Waals surface area contributed by atoms with Gasteiger partial charge in [0.15, 0.2) is 0 Å². The van der Waals surface area contributed by atoms with Crippen LogP contribution in [0.5, 0.6) is 0 Å². The summed E-state index contributed by atoms with van der Waals surface area (Å²) in [6.07, 6.45) is 3.15. The highest BCUT2D eigenvalue weighted by Crippen LogP contribution is 2.31. The molecule has 22 heavy (non-hydrogen) atoms. The highest BCUT2D eigenvalue weighted by molar-refractivity contribution is 6.30. The summed E-state index contributed by atoms with van der Waals surface area (Å²) in [6, 6.07) is 7.15. The van der Waals surface area contributed by atoms with Crippen molar-refractivity contribution >= 4 is 17.6 Å². The first-order valence-corrected chi connectivity index (χ1v) is 8.07. The molecule has 2 aliphatic rings. The van der Waals surface area contributed by atoms with Gasteiger partial charge in [-0.15, -0.1) is 0 Å². The minimum atomic E-state index is -0.709. The fourth-order valence-electron chi connectivity index (χ4n) is 2.94. The van der Waals surface area contributed by atoms with Crippen molar-refractivity contribution in [2.45, 2.75) is 43.4 Å². The number of rotatable bonds is 4. The first kappa shape index (κ1) is 15.6. The molecule has 0 bridgehead atoms. The molecule has 2 atom stereocenters. The number of hydrogen-bond acceptors (Lipinski definition) is 3. The zero-order chi connectivity index (χ0) is 15.6. The lowest BCUT2D eigenvalue weighted by atomic mass is 9.80. The summed E-state index contributed by atoms with van der Waals surface area (Å²) in [7, 11) is 0. The average Bonchev–Trinajstić information content (AvgIpc) is 2.92. The first-order chi connectivity index (χ1) is 10.6. The molecule has 0 spiro atoms. The Hall–Kier alpha value is -1.30. The van der Waals surface area contributed by atoms with Crippen LogP contribution in [0.4, 0.5) is 4.79 Å². The van der Waals surface area contributed by atoms with E-state index >= 15 is 0 Å². The van der Waals surface area contributed by atoms with Crippen molar-refractivity contribution in [3.8, 4) is 0 Å². The molecule has 120 valence electrons. The van der Waals surface area contributed by atoms with Crippen molar-refractivity contribution in [3.05, 3.63) is 34.9 Å². The van der Waals surface area contributed by atoms with Gasteiger partial charge in [0.2, 0.25) is 0 Å². The molecule has 2 fully saturated rings. The Morgan fingerprint density at radius 3 is 2.73 bits per heavy atom. The Bertz CT molecular complexity index is 531. The lowest BCUT2D eigenvalue weighted by molar-refractivity contribution is -0.0291. The van der Waals surface area contributed by atoms with Gasteiger partial charge in [-0.1, -0.05) is 23.7 Å². The second-order valence-electron chi connectivity index (χ2n) is 6.14. The number of urea groups is 1. The topological polar surface area (TPSA) is 70.6 Å². The molecule has 0 aromatic heterocycles. The zero-order valence-electron chi connectivity index (χ0n) is 12.3. The zero-order valence-corrected chi connectivity index (χ0v) is 13.1. The molecule has 1 saturated carbocycles. The van der Waals surface area contributed by atoms with Gasteiger partial charge in [0.1, 0.15) is 6.10 Å². The number of carbonyl (C=O) groups is 1. The molecule has 5 nitrogen and oxygen atoms in total. The summed E-state index contributed by atoms with van der Waals surface area (Å²) in [5, 5.41) is 16.4. The fourth-order valence-corrected chi connectivity index (χ4v) is 3.07. The maximum absolute atomic E-state index is 12.0. The number of benzene rings is 1. The summed E-state index contributed by atoms with van der Waals surface area (Å²) in [5.74, 6) is 0. The second-order valence-corrected chi connectivity index (χ2v) is 6.58. The molecule has 3 N–H and O–H groups in total. The molecule has 2 unspecified atom stereocenters. The normalized spacial score (nSPS) is 26.3. The van der Waals surface area contributed by atoms with Crippen molar-refractivity contribution in [2.75, 3.05) is 13.2 Å². The highest BCUT2D eigenvalue weighted by Gasteiger charge is 2.35. The molecule has 1 heterocycles. The van der Waals surface area contributed by atoms with Crippen LogP contribution in [0.2, 0.25) is 5.02 Å². The number of carbonyl (C=O) groups excluding carboxylic acids is 1. The van der Waals surface area contributed by atoms with E-state index in [1.165, 1.54) is 0 Å². The number of amides is 2. The Morgan fingerprint density at radius 1 is 1.36 bits per heavy atom. The third kappa shape index (κ3) is 3.54. The molecular weight excluding hydrogens is 304 g/mol. The van der Waals surface area contributed by atoms with Crippen molar-refractivity contribution in [1.29, 1.82) is 0 Å². The Kier molecular flexibility index (Phi) is 4.57. The summed E-state index contributed by atoms with van der Waals surface area (Å²) in [6.45, 7) is 0.917. The standard InChI is InChI=1S/C16H21ClN2O3/c17-12-4-2-11(3-5-12)14-13(6-9-22-14)19-15(20)18-10-16(21)7-1-8-16/h2-5,13-14,21H,1,6-10H2,(H2,18,19,20). The van der Waals surface area contributed by atoms with E-state index in [1.54, 1.807) is 0 Å². The van der Waals surface area contributed by atoms with E-state index in [-0.39, 0.29) is 18.2 Å². The van der Waals surface area contributed by atoms with Gasteiger partial charge in [-0.3, -0.25) is 0 Å². The molecular formula is C16H21ClN2O3. The second kappa shape index (κ2) is 6.44. The van der Waals surface area contributed by atoms with E-state index in [0.717, 1.165) is 31.2 Å². The van der Waals surface area contributed by atoms with Gasteiger partial charge in [-0.25, -0.2) is 4.79 Å². The predicted octanol–water partition coefficient (Wildman–Crippen LogP) is 2.38. The van der Waals surface area contributed by atoms with E-state index in [1.807, 2.05) is 24.3 Å². The quantitative estimate of drug-likeness (QED) is 0.796. The van der Waals surface area contributed by atoms with Crippen LogP contribution in [0, 0.1) is 0 Å². The van der Waals surface area contributed by atoms with Crippen molar-refractivity contribution in [1.82, 2.24) is 10.6 Å². The number of ether oxygens (including phenoxy) is 1. The summed E-state index contributed by atoms with van der Waals surface area (Å²) in [4.78, 5) is 12.0. The lowest BCUT2D eigenvalue weighted by Crippen LogP contribution is -2.51.